The number of aliphatic hydroxyl groups is 1. The molecule has 3 aliphatic rings. The maximum absolute atomic E-state index is 14.5. The van der Waals surface area contributed by atoms with Crippen molar-refractivity contribution in [3.63, 3.8) is 0 Å². The number of benzene rings is 2. The molecule has 3 heterocycles. The lowest BCUT2D eigenvalue weighted by Gasteiger charge is -2.40. The first-order valence-corrected chi connectivity index (χ1v) is 14.6. The third-order valence-corrected chi connectivity index (χ3v) is 8.91. The highest BCUT2D eigenvalue weighted by Crippen LogP contribution is 2.64. The number of anilines is 1. The molecule has 2 bridgehead atoms. The minimum absolute atomic E-state index is 0.0448. The van der Waals surface area contributed by atoms with Crippen LogP contribution in [0.1, 0.15) is 72.4 Å². The van der Waals surface area contributed by atoms with E-state index in [0.717, 1.165) is 5.56 Å². The Hall–Kier alpha value is -3.23. The highest BCUT2D eigenvalue weighted by atomic mass is 16.5. The summed E-state index contributed by atoms with van der Waals surface area (Å²) in [6, 6.07) is 16.6. The second kappa shape index (κ2) is 10.2. The summed E-state index contributed by atoms with van der Waals surface area (Å²) in [5.74, 6) is -2.60. The van der Waals surface area contributed by atoms with Crippen molar-refractivity contribution in [2.75, 3.05) is 11.9 Å². The van der Waals surface area contributed by atoms with E-state index in [0.29, 0.717) is 24.9 Å². The predicted octanol–water partition coefficient (Wildman–Crippen LogP) is 4.45. The molecule has 220 valence electrons. The fraction of sp³-hybridized carbons (Fsp3) is 0.545. The van der Waals surface area contributed by atoms with Gasteiger partial charge >= 0.3 is 0 Å². The molecule has 0 aromatic heterocycles. The fourth-order valence-corrected chi connectivity index (χ4v) is 7.94. The number of likely N-dealkylation sites (tertiary alicyclic amines) is 1. The van der Waals surface area contributed by atoms with Crippen molar-refractivity contribution in [1.82, 2.24) is 10.2 Å². The number of fused-ring (bicyclic) bond motifs is 1. The summed E-state index contributed by atoms with van der Waals surface area (Å²) < 4.78 is 6.76. The molecule has 3 saturated heterocycles. The molecule has 3 N–H and O–H groups in total. The summed E-state index contributed by atoms with van der Waals surface area (Å²) in [5.41, 5.74) is -1.34. The molecule has 2 aromatic rings. The molecule has 3 amide bonds. The van der Waals surface area contributed by atoms with Gasteiger partial charge in [0.15, 0.2) is 0 Å². The normalized spacial score (nSPS) is 29.8. The van der Waals surface area contributed by atoms with Gasteiger partial charge in [-0.05, 0) is 63.1 Å². The third-order valence-electron chi connectivity index (χ3n) is 8.91. The summed E-state index contributed by atoms with van der Waals surface area (Å²) in [5, 5.41) is 16.9. The van der Waals surface area contributed by atoms with Crippen LogP contribution in [0.15, 0.2) is 60.7 Å². The number of nitrogens with zero attached hydrogens (tertiary/aromatic N) is 1. The minimum Gasteiger partial charge on any atom is -0.394 e. The zero-order valence-electron chi connectivity index (χ0n) is 24.9. The summed E-state index contributed by atoms with van der Waals surface area (Å²) in [4.78, 5) is 44.3. The van der Waals surface area contributed by atoms with E-state index in [-0.39, 0.29) is 29.7 Å². The molecule has 2 aromatic carbocycles. The molecular formula is C33H43N3O5. The van der Waals surface area contributed by atoms with Gasteiger partial charge in [-0.1, -0.05) is 69.3 Å². The number of hydrogen-bond acceptors (Lipinski definition) is 5. The van der Waals surface area contributed by atoms with E-state index in [9.17, 15) is 19.5 Å². The molecule has 2 unspecified atom stereocenters. The quantitative estimate of drug-likeness (QED) is 0.441. The van der Waals surface area contributed by atoms with Crippen LogP contribution in [0.5, 0.6) is 0 Å². The summed E-state index contributed by atoms with van der Waals surface area (Å²) in [7, 11) is 0. The maximum Gasteiger partial charge on any atom is 0.246 e. The predicted molar refractivity (Wildman–Crippen MR) is 157 cm³/mol. The first-order chi connectivity index (χ1) is 19.2. The summed E-state index contributed by atoms with van der Waals surface area (Å²) >= 11 is 0. The Bertz CT molecular complexity index is 1310. The Kier molecular flexibility index (Phi) is 7.31. The lowest BCUT2D eigenvalue weighted by Crippen LogP contribution is -2.60. The minimum atomic E-state index is -1.19. The van der Waals surface area contributed by atoms with Gasteiger partial charge in [0.1, 0.15) is 11.6 Å². The number of carbonyl (C=O) groups excluding carboxylic acids is 3. The van der Waals surface area contributed by atoms with Gasteiger partial charge < -0.3 is 25.4 Å². The average molecular weight is 562 g/mol. The van der Waals surface area contributed by atoms with Crippen LogP contribution < -0.4 is 10.6 Å². The van der Waals surface area contributed by atoms with Crippen LogP contribution in [0.25, 0.3) is 0 Å². The van der Waals surface area contributed by atoms with E-state index < -0.39 is 40.7 Å². The molecular weight excluding hydrogens is 518 g/mol. The lowest BCUT2D eigenvalue weighted by molar-refractivity contribution is -0.149. The van der Waals surface area contributed by atoms with E-state index in [4.69, 9.17) is 4.74 Å². The Balaban J connectivity index is 1.57. The summed E-state index contributed by atoms with van der Waals surface area (Å²) in [6.45, 7) is 11.8. The van der Waals surface area contributed by atoms with E-state index in [2.05, 4.69) is 31.4 Å². The fourth-order valence-electron chi connectivity index (χ4n) is 7.94. The van der Waals surface area contributed by atoms with Gasteiger partial charge in [-0.25, -0.2) is 0 Å². The smallest absolute Gasteiger partial charge is 0.246 e. The van der Waals surface area contributed by atoms with E-state index in [1.54, 1.807) is 12.1 Å². The van der Waals surface area contributed by atoms with Gasteiger partial charge in [0.25, 0.3) is 0 Å². The molecule has 41 heavy (non-hydrogen) atoms. The van der Waals surface area contributed by atoms with Gasteiger partial charge in [0, 0.05) is 11.2 Å². The molecule has 5 rings (SSSR count). The number of amides is 3. The number of carbonyl (C=O) groups is 3. The van der Waals surface area contributed by atoms with Gasteiger partial charge in [-0.15, -0.1) is 0 Å². The zero-order chi connectivity index (χ0) is 29.8. The molecule has 6 atom stereocenters. The average Bonchev–Trinajstić information content (AvgIpc) is 3.45. The highest BCUT2D eigenvalue weighted by molar-refractivity contribution is 6.02. The van der Waals surface area contributed by atoms with Crippen LogP contribution in [0.2, 0.25) is 0 Å². The zero-order valence-corrected chi connectivity index (χ0v) is 24.9. The Morgan fingerprint density at radius 1 is 1.00 bits per heavy atom. The maximum atomic E-state index is 14.5. The van der Waals surface area contributed by atoms with Crippen molar-refractivity contribution in [3.05, 3.63) is 66.2 Å². The lowest BCUT2D eigenvalue weighted by atomic mass is 9.66. The molecule has 8 heteroatoms. The van der Waals surface area contributed by atoms with Crippen LogP contribution in [0.4, 0.5) is 5.69 Å². The van der Waals surface area contributed by atoms with Crippen molar-refractivity contribution in [2.45, 2.75) is 89.6 Å². The van der Waals surface area contributed by atoms with Gasteiger partial charge in [-0.3, -0.25) is 14.4 Å². The number of ether oxygens (including phenoxy) is 1. The van der Waals surface area contributed by atoms with Crippen molar-refractivity contribution >= 4 is 23.4 Å². The second-order valence-corrected chi connectivity index (χ2v) is 14.0. The molecule has 0 saturated carbocycles. The van der Waals surface area contributed by atoms with E-state index in [1.807, 2.05) is 69.3 Å². The van der Waals surface area contributed by atoms with Crippen LogP contribution >= 0.6 is 0 Å². The highest BCUT2D eigenvalue weighted by Gasteiger charge is 2.78. The molecule has 1 spiro atoms. The Morgan fingerprint density at radius 2 is 1.61 bits per heavy atom. The molecule has 8 nitrogen and oxygen atoms in total. The summed E-state index contributed by atoms with van der Waals surface area (Å²) in [6.07, 6.45) is 1.73. The van der Waals surface area contributed by atoms with Gasteiger partial charge in [0.2, 0.25) is 17.7 Å². The van der Waals surface area contributed by atoms with Crippen LogP contribution in [-0.4, -0.2) is 57.1 Å². The molecule has 3 aliphatic heterocycles. The van der Waals surface area contributed by atoms with Crippen molar-refractivity contribution < 1.29 is 24.2 Å². The van der Waals surface area contributed by atoms with Crippen LogP contribution in [0.3, 0.4) is 0 Å². The van der Waals surface area contributed by atoms with Crippen molar-refractivity contribution in [1.29, 1.82) is 0 Å². The van der Waals surface area contributed by atoms with Crippen molar-refractivity contribution in [2.24, 2.45) is 17.3 Å². The molecule has 0 aliphatic carbocycles. The largest absolute Gasteiger partial charge is 0.394 e. The molecule has 3 fully saturated rings. The second-order valence-electron chi connectivity index (χ2n) is 14.0. The molecule has 0 radical (unpaired) electrons. The third kappa shape index (κ3) is 5.17. The Morgan fingerprint density at radius 3 is 2.20 bits per heavy atom. The van der Waals surface area contributed by atoms with Crippen LogP contribution in [0, 0.1) is 17.3 Å². The topological polar surface area (TPSA) is 108 Å². The van der Waals surface area contributed by atoms with Crippen LogP contribution in [-0.2, 0) is 19.1 Å². The Labute approximate surface area is 242 Å². The monoisotopic (exact) mass is 561 g/mol. The van der Waals surface area contributed by atoms with Gasteiger partial charge in [0.05, 0.1) is 30.1 Å². The van der Waals surface area contributed by atoms with E-state index in [1.165, 1.54) is 4.90 Å². The number of hydrogen-bond donors (Lipinski definition) is 3. The standard InChI is InChI=1S/C33H43N3O5/c1-30(2,3)20-31(4,5)35-28(39)26-33-18-17-32(6,41-33)24(27(38)34-22-15-11-8-12-16-22)25(33)29(40)36(26)23(19-37)21-13-9-7-10-14-21/h7-16,23-26,37H,17-20H2,1-6H3,(H,34,38)(H,35,39)/t23-,24-,25+,26?,32+,33?/m1/s1. The first-order valence-electron chi connectivity index (χ1n) is 14.6. The van der Waals surface area contributed by atoms with Crippen molar-refractivity contribution in [3.8, 4) is 0 Å². The first kappa shape index (κ1) is 29.3. The SMILES string of the molecule is CC(C)(C)CC(C)(C)NC(=O)C1N([C@H](CO)c2ccccc2)C(=O)[C@@H]2[C@H](C(=O)Nc3ccccc3)[C@]3(C)CCC12O3. The van der Waals surface area contributed by atoms with Gasteiger partial charge in [-0.2, -0.15) is 0 Å². The number of rotatable bonds is 8. The number of para-hydroxylation sites is 1. The number of aliphatic hydroxyl groups excluding tert-OH is 1. The number of nitrogens with one attached hydrogen (secondary N) is 2. The van der Waals surface area contributed by atoms with E-state index >= 15 is 0 Å².